The van der Waals surface area contributed by atoms with Gasteiger partial charge in [0.2, 0.25) is 0 Å². The van der Waals surface area contributed by atoms with Gasteiger partial charge in [-0.2, -0.15) is 11.8 Å². The number of carbonyl (C=O) groups is 1. The van der Waals surface area contributed by atoms with Crippen molar-refractivity contribution in [3.8, 4) is 0 Å². The molecule has 0 aliphatic heterocycles. The zero-order chi connectivity index (χ0) is 13.3. The summed E-state index contributed by atoms with van der Waals surface area (Å²) in [4.78, 5) is 11.2. The van der Waals surface area contributed by atoms with E-state index >= 15 is 0 Å². The van der Waals surface area contributed by atoms with Crippen LogP contribution in [0.3, 0.4) is 0 Å². The van der Waals surface area contributed by atoms with Gasteiger partial charge in [-0.15, -0.1) is 0 Å². The van der Waals surface area contributed by atoms with Crippen molar-refractivity contribution >= 4 is 17.7 Å². The summed E-state index contributed by atoms with van der Waals surface area (Å²) in [5.41, 5.74) is -0.837. The summed E-state index contributed by atoms with van der Waals surface area (Å²) in [5, 5.41) is 29.8. The average molecular weight is 265 g/mol. The Bertz CT molecular complexity index is 222. The van der Waals surface area contributed by atoms with E-state index in [1.54, 1.807) is 7.05 Å². The molecule has 6 heteroatoms. The van der Waals surface area contributed by atoms with Crippen molar-refractivity contribution in [2.24, 2.45) is 0 Å². The van der Waals surface area contributed by atoms with Gasteiger partial charge in [-0.25, -0.2) is 0 Å². The van der Waals surface area contributed by atoms with E-state index in [2.05, 4.69) is 5.32 Å². The van der Waals surface area contributed by atoms with Gasteiger partial charge in [0.05, 0.1) is 12.7 Å². The van der Waals surface area contributed by atoms with Gasteiger partial charge in [-0.05, 0) is 32.1 Å². The number of aliphatic hydroxyl groups is 2. The molecule has 0 saturated carbocycles. The highest BCUT2D eigenvalue weighted by Crippen LogP contribution is 2.19. The number of likely N-dealkylation sites (N-methyl/N-ethyl adjacent to an activating group) is 1. The van der Waals surface area contributed by atoms with Crippen molar-refractivity contribution in [3.05, 3.63) is 0 Å². The van der Waals surface area contributed by atoms with Crippen molar-refractivity contribution in [1.29, 1.82) is 0 Å². The Morgan fingerprint density at radius 2 is 2.18 bits per heavy atom. The molecule has 0 aromatic heterocycles. The van der Waals surface area contributed by atoms with E-state index in [1.807, 2.05) is 6.92 Å². The quantitative estimate of drug-likeness (QED) is 0.425. The molecule has 0 spiro atoms. The topological polar surface area (TPSA) is 89.8 Å². The Kier molecular flexibility index (Phi) is 8.59. The number of rotatable bonds is 10. The fourth-order valence-electron chi connectivity index (χ4n) is 1.59. The molecule has 17 heavy (non-hydrogen) atoms. The smallest absolute Gasteiger partial charge is 0.323 e. The maximum absolute atomic E-state index is 11.2. The van der Waals surface area contributed by atoms with Gasteiger partial charge in [0.25, 0.3) is 0 Å². The van der Waals surface area contributed by atoms with Gasteiger partial charge in [0, 0.05) is 5.75 Å². The third-order valence-corrected chi connectivity index (χ3v) is 4.10. The number of thioether (sulfide) groups is 1. The predicted octanol–water partition coefficient (Wildman–Crippen LogP) is 0.306. The van der Waals surface area contributed by atoms with Crippen LogP contribution in [0, 0.1) is 0 Å². The summed E-state index contributed by atoms with van der Waals surface area (Å²) in [6.07, 6.45) is 1.20. The maximum Gasteiger partial charge on any atom is 0.323 e. The number of carboxylic acid groups (broad SMARTS) is 1. The van der Waals surface area contributed by atoms with Crippen LogP contribution in [0.25, 0.3) is 0 Å². The van der Waals surface area contributed by atoms with Gasteiger partial charge in [-0.1, -0.05) is 6.92 Å². The molecule has 0 amide bonds. The second-order valence-corrected chi connectivity index (χ2v) is 5.16. The van der Waals surface area contributed by atoms with Crippen LogP contribution in [-0.4, -0.2) is 58.1 Å². The van der Waals surface area contributed by atoms with E-state index in [1.165, 1.54) is 11.8 Å². The van der Waals surface area contributed by atoms with E-state index in [-0.39, 0.29) is 6.61 Å². The first-order valence-electron chi connectivity index (χ1n) is 5.81. The van der Waals surface area contributed by atoms with E-state index in [4.69, 9.17) is 15.3 Å². The first-order chi connectivity index (χ1) is 8.02. The highest BCUT2D eigenvalue weighted by atomic mass is 32.2. The van der Waals surface area contributed by atoms with Gasteiger partial charge < -0.3 is 20.6 Å². The Morgan fingerprint density at radius 1 is 1.53 bits per heavy atom. The molecule has 0 fully saturated rings. The zero-order valence-electron chi connectivity index (χ0n) is 10.5. The third kappa shape index (κ3) is 5.72. The Labute approximate surface area is 107 Å². The Hall–Kier alpha value is -0.300. The summed E-state index contributed by atoms with van der Waals surface area (Å²) >= 11 is 1.53. The standard InChI is InChI=1S/C11H23NO4S/c1-3-11(12-2,10(15)16)5-4-6-17-8-9(14)7-13/h9,12-14H,3-8H2,1-2H3,(H,15,16). The molecule has 0 aromatic rings. The van der Waals surface area contributed by atoms with Crippen LogP contribution >= 0.6 is 11.8 Å². The lowest BCUT2D eigenvalue weighted by atomic mass is 9.91. The molecule has 0 aliphatic rings. The molecule has 5 nitrogen and oxygen atoms in total. The summed E-state index contributed by atoms with van der Waals surface area (Å²) < 4.78 is 0. The summed E-state index contributed by atoms with van der Waals surface area (Å²) in [5.74, 6) is 0.457. The molecule has 0 rings (SSSR count). The lowest BCUT2D eigenvalue weighted by Crippen LogP contribution is -2.49. The first-order valence-corrected chi connectivity index (χ1v) is 6.96. The Morgan fingerprint density at radius 3 is 2.59 bits per heavy atom. The van der Waals surface area contributed by atoms with Gasteiger partial charge in [0.15, 0.2) is 0 Å². The van der Waals surface area contributed by atoms with Gasteiger partial charge >= 0.3 is 5.97 Å². The molecule has 4 N–H and O–H groups in total. The second-order valence-electron chi connectivity index (χ2n) is 4.01. The van der Waals surface area contributed by atoms with Crippen LogP contribution in [0.2, 0.25) is 0 Å². The van der Waals surface area contributed by atoms with Crippen LogP contribution in [0.4, 0.5) is 0 Å². The van der Waals surface area contributed by atoms with Crippen LogP contribution < -0.4 is 5.32 Å². The van der Waals surface area contributed by atoms with Crippen molar-refractivity contribution < 1.29 is 20.1 Å². The number of aliphatic hydroxyl groups excluding tert-OH is 2. The molecule has 0 aliphatic carbocycles. The van der Waals surface area contributed by atoms with Crippen molar-refractivity contribution in [1.82, 2.24) is 5.32 Å². The first kappa shape index (κ1) is 16.7. The van der Waals surface area contributed by atoms with E-state index in [0.717, 1.165) is 12.2 Å². The van der Waals surface area contributed by atoms with E-state index < -0.39 is 17.6 Å². The fourth-order valence-corrected chi connectivity index (χ4v) is 2.48. The molecular formula is C11H23NO4S. The molecule has 0 aromatic carbocycles. The molecule has 0 bridgehead atoms. The number of nitrogens with one attached hydrogen (secondary N) is 1. The Balaban J connectivity index is 3.88. The van der Waals surface area contributed by atoms with Crippen LogP contribution in [0.5, 0.6) is 0 Å². The molecule has 102 valence electrons. The minimum atomic E-state index is -0.837. The van der Waals surface area contributed by atoms with Crippen LogP contribution in [-0.2, 0) is 4.79 Å². The molecular weight excluding hydrogens is 242 g/mol. The molecule has 0 saturated heterocycles. The molecule has 2 atom stereocenters. The number of hydrogen-bond donors (Lipinski definition) is 4. The van der Waals surface area contributed by atoms with Crippen LogP contribution in [0.15, 0.2) is 0 Å². The van der Waals surface area contributed by atoms with E-state index in [9.17, 15) is 4.79 Å². The second kappa shape index (κ2) is 8.74. The lowest BCUT2D eigenvalue weighted by molar-refractivity contribution is -0.145. The largest absolute Gasteiger partial charge is 0.480 e. The van der Waals surface area contributed by atoms with Crippen molar-refractivity contribution in [2.75, 3.05) is 25.2 Å². The van der Waals surface area contributed by atoms with Gasteiger partial charge in [-0.3, -0.25) is 4.79 Å². The number of hydrogen-bond acceptors (Lipinski definition) is 5. The number of carboxylic acids is 1. The highest BCUT2D eigenvalue weighted by molar-refractivity contribution is 7.99. The minimum Gasteiger partial charge on any atom is -0.480 e. The highest BCUT2D eigenvalue weighted by Gasteiger charge is 2.33. The monoisotopic (exact) mass is 265 g/mol. The van der Waals surface area contributed by atoms with E-state index in [0.29, 0.717) is 18.6 Å². The lowest BCUT2D eigenvalue weighted by Gasteiger charge is -2.27. The minimum absolute atomic E-state index is 0.225. The number of aliphatic carboxylic acids is 1. The van der Waals surface area contributed by atoms with Crippen LogP contribution in [0.1, 0.15) is 26.2 Å². The average Bonchev–Trinajstić information content (AvgIpc) is 2.33. The summed E-state index contributed by atoms with van der Waals surface area (Å²) in [7, 11) is 1.67. The molecule has 0 radical (unpaired) electrons. The fraction of sp³-hybridized carbons (Fsp3) is 0.909. The SMILES string of the molecule is CCC(CCCSCC(O)CO)(NC)C(=O)O. The molecule has 0 heterocycles. The maximum atomic E-state index is 11.2. The summed E-state index contributed by atoms with van der Waals surface area (Å²) in [6, 6.07) is 0. The zero-order valence-corrected chi connectivity index (χ0v) is 11.3. The van der Waals surface area contributed by atoms with Gasteiger partial charge in [0.1, 0.15) is 5.54 Å². The van der Waals surface area contributed by atoms with Crippen molar-refractivity contribution in [2.45, 2.75) is 37.8 Å². The third-order valence-electron chi connectivity index (χ3n) is 2.90. The normalized spacial score (nSPS) is 16.5. The molecule has 2 unspecified atom stereocenters. The summed E-state index contributed by atoms with van der Waals surface area (Å²) in [6.45, 7) is 1.63. The van der Waals surface area contributed by atoms with Crippen molar-refractivity contribution in [3.63, 3.8) is 0 Å². The predicted molar refractivity (Wildman–Crippen MR) is 69.4 cm³/mol.